The Labute approximate surface area is 131 Å². The number of benzene rings is 1. The topological polar surface area (TPSA) is 52.6 Å². The molecule has 0 saturated carbocycles. The predicted octanol–water partition coefficient (Wildman–Crippen LogP) is 2.68. The second kappa shape index (κ2) is 7.25. The molecule has 0 aliphatic carbocycles. The molecule has 1 aliphatic rings. The van der Waals surface area contributed by atoms with Gasteiger partial charge in [-0.15, -0.1) is 0 Å². The van der Waals surface area contributed by atoms with Gasteiger partial charge in [-0.3, -0.25) is 9.69 Å². The van der Waals surface area contributed by atoms with Crippen molar-refractivity contribution in [1.82, 2.24) is 4.90 Å². The predicted molar refractivity (Wildman–Crippen MR) is 85.7 cm³/mol. The van der Waals surface area contributed by atoms with Crippen LogP contribution >= 0.6 is 11.6 Å². The van der Waals surface area contributed by atoms with Crippen LogP contribution in [-0.4, -0.2) is 41.7 Å². The number of piperidine rings is 1. The van der Waals surface area contributed by atoms with Crippen molar-refractivity contribution in [2.24, 2.45) is 5.92 Å². The average Bonchev–Trinajstić information content (AvgIpc) is 2.42. The van der Waals surface area contributed by atoms with Crippen LogP contribution in [0.2, 0.25) is 5.02 Å². The number of aryl methyl sites for hydroxylation is 1. The van der Waals surface area contributed by atoms with Gasteiger partial charge in [0, 0.05) is 16.8 Å². The van der Waals surface area contributed by atoms with E-state index in [2.05, 4.69) is 17.1 Å². The second-order valence-corrected chi connectivity index (χ2v) is 6.28. The number of aliphatic hydroxyl groups excluding tert-OH is 1. The van der Waals surface area contributed by atoms with E-state index in [1.54, 1.807) is 6.07 Å². The van der Waals surface area contributed by atoms with Crippen molar-refractivity contribution in [2.45, 2.75) is 32.7 Å². The number of amides is 1. The first kappa shape index (κ1) is 16.3. The molecule has 0 aromatic heterocycles. The van der Waals surface area contributed by atoms with E-state index in [4.69, 9.17) is 11.6 Å². The summed E-state index contributed by atoms with van der Waals surface area (Å²) in [7, 11) is 0. The van der Waals surface area contributed by atoms with Gasteiger partial charge in [0.25, 0.3) is 0 Å². The van der Waals surface area contributed by atoms with Gasteiger partial charge in [0.1, 0.15) is 0 Å². The van der Waals surface area contributed by atoms with Gasteiger partial charge >= 0.3 is 0 Å². The Morgan fingerprint density at radius 3 is 2.95 bits per heavy atom. The van der Waals surface area contributed by atoms with E-state index < -0.39 is 0 Å². The number of hydrogen-bond donors (Lipinski definition) is 2. The molecule has 21 heavy (non-hydrogen) atoms. The number of likely N-dealkylation sites (tertiary alicyclic amines) is 1. The summed E-state index contributed by atoms with van der Waals surface area (Å²) >= 11 is 5.91. The number of nitrogens with zero attached hydrogens (tertiary/aromatic N) is 1. The van der Waals surface area contributed by atoms with Crippen molar-refractivity contribution >= 4 is 23.2 Å². The highest BCUT2D eigenvalue weighted by Crippen LogP contribution is 2.23. The van der Waals surface area contributed by atoms with Crippen LogP contribution in [0.15, 0.2) is 18.2 Å². The first-order valence-electron chi connectivity index (χ1n) is 7.42. The molecular weight excluding hydrogens is 288 g/mol. The molecule has 1 fully saturated rings. The van der Waals surface area contributed by atoms with Crippen LogP contribution in [-0.2, 0) is 4.79 Å². The van der Waals surface area contributed by atoms with Gasteiger partial charge in [0.2, 0.25) is 5.91 Å². The Bertz CT molecular complexity index is 507. The van der Waals surface area contributed by atoms with Crippen LogP contribution < -0.4 is 5.32 Å². The van der Waals surface area contributed by atoms with E-state index in [1.165, 1.54) is 0 Å². The van der Waals surface area contributed by atoms with Gasteiger partial charge in [0.05, 0.1) is 13.2 Å². The maximum absolute atomic E-state index is 12.2. The van der Waals surface area contributed by atoms with Crippen molar-refractivity contribution in [1.29, 1.82) is 0 Å². The van der Waals surface area contributed by atoms with E-state index in [1.807, 2.05) is 19.1 Å². The third-order valence-corrected chi connectivity index (χ3v) is 4.46. The summed E-state index contributed by atoms with van der Waals surface area (Å²) in [6.07, 6.45) is 2.19. The summed E-state index contributed by atoms with van der Waals surface area (Å²) in [4.78, 5) is 14.3. The van der Waals surface area contributed by atoms with Gasteiger partial charge in [-0.05, 0) is 56.0 Å². The van der Waals surface area contributed by atoms with Gasteiger partial charge in [-0.1, -0.05) is 18.5 Å². The zero-order valence-corrected chi connectivity index (χ0v) is 13.4. The normalized spacial score (nSPS) is 23.0. The number of anilines is 1. The highest BCUT2D eigenvalue weighted by molar-refractivity contribution is 6.30. The molecular formula is C16H23ClN2O2. The molecule has 1 heterocycles. The van der Waals surface area contributed by atoms with Crippen LogP contribution in [0.5, 0.6) is 0 Å². The molecule has 1 saturated heterocycles. The minimum absolute atomic E-state index is 0.0482. The number of carbonyl (C=O) groups is 1. The highest BCUT2D eigenvalue weighted by Gasteiger charge is 2.29. The fraction of sp³-hybridized carbons (Fsp3) is 0.562. The fourth-order valence-electron chi connectivity index (χ4n) is 2.97. The molecule has 2 unspecified atom stereocenters. The number of aliphatic hydroxyl groups is 1. The average molecular weight is 311 g/mol. The standard InChI is InChI=1S/C16H23ClN2O2/c1-11-4-3-7-19(15(11)10-20)9-16(21)18-14-6-5-13(17)8-12(14)2/h5-6,8,11,15,20H,3-4,7,9-10H2,1-2H3,(H,18,21). The molecule has 1 aromatic rings. The van der Waals surface area contributed by atoms with E-state index >= 15 is 0 Å². The third kappa shape index (κ3) is 4.19. The largest absolute Gasteiger partial charge is 0.395 e. The molecule has 1 aliphatic heterocycles. The minimum Gasteiger partial charge on any atom is -0.395 e. The van der Waals surface area contributed by atoms with Gasteiger partial charge in [-0.2, -0.15) is 0 Å². The van der Waals surface area contributed by atoms with Gasteiger partial charge in [0.15, 0.2) is 0 Å². The minimum atomic E-state index is -0.0482. The van der Waals surface area contributed by atoms with E-state index in [0.29, 0.717) is 17.5 Å². The first-order chi connectivity index (χ1) is 10.0. The maximum Gasteiger partial charge on any atom is 0.238 e. The van der Waals surface area contributed by atoms with E-state index in [-0.39, 0.29) is 18.6 Å². The van der Waals surface area contributed by atoms with Crippen LogP contribution in [0.4, 0.5) is 5.69 Å². The van der Waals surface area contributed by atoms with Crippen LogP contribution in [0.25, 0.3) is 0 Å². The molecule has 5 heteroatoms. The Kier molecular flexibility index (Phi) is 5.62. The second-order valence-electron chi connectivity index (χ2n) is 5.85. The van der Waals surface area contributed by atoms with Crippen molar-refractivity contribution in [3.05, 3.63) is 28.8 Å². The third-order valence-electron chi connectivity index (χ3n) is 4.23. The molecule has 0 spiro atoms. The summed E-state index contributed by atoms with van der Waals surface area (Å²) in [5.74, 6) is 0.377. The Balaban J connectivity index is 1.97. The molecule has 1 aromatic carbocycles. The van der Waals surface area contributed by atoms with Crippen molar-refractivity contribution in [3.63, 3.8) is 0 Å². The van der Waals surface area contributed by atoms with Crippen molar-refractivity contribution in [3.8, 4) is 0 Å². The zero-order chi connectivity index (χ0) is 15.4. The number of carbonyl (C=O) groups excluding carboxylic acids is 1. The lowest BCUT2D eigenvalue weighted by Crippen LogP contribution is -2.49. The van der Waals surface area contributed by atoms with Crippen molar-refractivity contribution in [2.75, 3.05) is 25.0 Å². The smallest absolute Gasteiger partial charge is 0.238 e. The Hall–Kier alpha value is -1.10. The number of nitrogens with one attached hydrogen (secondary N) is 1. The van der Waals surface area contributed by atoms with Crippen LogP contribution in [0.1, 0.15) is 25.3 Å². The molecule has 4 nitrogen and oxygen atoms in total. The SMILES string of the molecule is Cc1cc(Cl)ccc1NC(=O)CN1CCCC(C)C1CO. The highest BCUT2D eigenvalue weighted by atomic mass is 35.5. The summed E-state index contributed by atoms with van der Waals surface area (Å²) in [5, 5.41) is 13.1. The fourth-order valence-corrected chi connectivity index (χ4v) is 3.19. The number of halogens is 1. The lowest BCUT2D eigenvalue weighted by Gasteiger charge is -2.38. The lowest BCUT2D eigenvalue weighted by atomic mass is 9.91. The van der Waals surface area contributed by atoms with Gasteiger partial charge < -0.3 is 10.4 Å². The molecule has 1 amide bonds. The van der Waals surface area contributed by atoms with Gasteiger partial charge in [-0.25, -0.2) is 0 Å². The Morgan fingerprint density at radius 1 is 1.52 bits per heavy atom. The monoisotopic (exact) mass is 310 g/mol. The summed E-state index contributed by atoms with van der Waals surface area (Å²) in [6.45, 7) is 5.34. The first-order valence-corrected chi connectivity index (χ1v) is 7.80. The quantitative estimate of drug-likeness (QED) is 0.899. The van der Waals surface area contributed by atoms with E-state index in [9.17, 15) is 9.90 Å². The van der Waals surface area contributed by atoms with Crippen LogP contribution in [0.3, 0.4) is 0 Å². The summed E-state index contributed by atoms with van der Waals surface area (Å²) < 4.78 is 0. The maximum atomic E-state index is 12.2. The molecule has 2 atom stereocenters. The van der Waals surface area contributed by atoms with E-state index in [0.717, 1.165) is 30.6 Å². The summed E-state index contributed by atoms with van der Waals surface area (Å²) in [5.41, 5.74) is 1.73. The Morgan fingerprint density at radius 2 is 2.29 bits per heavy atom. The number of rotatable bonds is 4. The van der Waals surface area contributed by atoms with Crippen molar-refractivity contribution < 1.29 is 9.90 Å². The molecule has 116 valence electrons. The number of hydrogen-bond acceptors (Lipinski definition) is 3. The summed E-state index contributed by atoms with van der Waals surface area (Å²) in [6, 6.07) is 5.49. The molecule has 2 N–H and O–H groups in total. The molecule has 0 bridgehead atoms. The molecule has 0 radical (unpaired) electrons. The lowest BCUT2D eigenvalue weighted by molar-refractivity contribution is -0.118. The zero-order valence-electron chi connectivity index (χ0n) is 12.6. The van der Waals surface area contributed by atoms with Crippen LogP contribution in [0, 0.1) is 12.8 Å². The molecule has 2 rings (SSSR count).